The van der Waals surface area contributed by atoms with E-state index in [0.29, 0.717) is 5.69 Å². The standard InChI is InChI=1S/C18H19N3O4/c1-19-16(22)11-21(2)17(23)12-25-18(24)10-9-14-8-7-13-5-3-4-6-15(13)20-14/h3-10H,11-12H2,1-2H3,(H,19,22)/b10-9+. The summed E-state index contributed by atoms with van der Waals surface area (Å²) in [6, 6.07) is 11.3. The maximum Gasteiger partial charge on any atom is 0.331 e. The van der Waals surface area contributed by atoms with Crippen LogP contribution in [0.5, 0.6) is 0 Å². The van der Waals surface area contributed by atoms with Crippen molar-refractivity contribution in [2.45, 2.75) is 0 Å². The molecule has 1 aromatic heterocycles. The van der Waals surface area contributed by atoms with Crippen LogP contribution in [0.3, 0.4) is 0 Å². The van der Waals surface area contributed by atoms with Crippen molar-refractivity contribution >= 4 is 34.8 Å². The third kappa shape index (κ3) is 5.42. The first kappa shape index (κ1) is 18.1. The van der Waals surface area contributed by atoms with Gasteiger partial charge in [0.2, 0.25) is 5.91 Å². The second kappa shape index (κ2) is 8.58. The highest BCUT2D eigenvalue weighted by Crippen LogP contribution is 2.12. The van der Waals surface area contributed by atoms with Gasteiger partial charge in [-0.3, -0.25) is 9.59 Å². The Balaban J connectivity index is 1.87. The van der Waals surface area contributed by atoms with Crippen LogP contribution < -0.4 is 5.32 Å². The molecule has 2 amide bonds. The summed E-state index contributed by atoms with van der Waals surface area (Å²) in [6.45, 7) is -0.522. The van der Waals surface area contributed by atoms with Crippen molar-refractivity contribution in [2.75, 3.05) is 27.2 Å². The minimum atomic E-state index is -0.656. The number of carbonyl (C=O) groups excluding carboxylic acids is 3. The maximum absolute atomic E-state index is 11.8. The van der Waals surface area contributed by atoms with E-state index in [9.17, 15) is 14.4 Å². The third-order valence-electron chi connectivity index (χ3n) is 3.43. The molecule has 2 rings (SSSR count). The summed E-state index contributed by atoms with van der Waals surface area (Å²) in [7, 11) is 2.94. The van der Waals surface area contributed by atoms with E-state index < -0.39 is 18.5 Å². The Kier molecular flexibility index (Phi) is 6.22. The molecule has 0 aliphatic heterocycles. The number of hydrogen-bond donors (Lipinski definition) is 1. The molecule has 130 valence electrons. The number of nitrogens with zero attached hydrogens (tertiary/aromatic N) is 2. The largest absolute Gasteiger partial charge is 0.452 e. The fraction of sp³-hybridized carbons (Fsp3) is 0.222. The molecule has 0 fully saturated rings. The Morgan fingerprint density at radius 2 is 1.96 bits per heavy atom. The first-order chi connectivity index (χ1) is 12.0. The number of likely N-dealkylation sites (N-methyl/N-ethyl adjacent to an activating group) is 2. The Hall–Kier alpha value is -3.22. The molecule has 1 N–H and O–H groups in total. The number of esters is 1. The number of ether oxygens (including phenoxy) is 1. The minimum absolute atomic E-state index is 0.0935. The average molecular weight is 341 g/mol. The highest BCUT2D eigenvalue weighted by molar-refractivity contribution is 5.90. The van der Waals surface area contributed by atoms with Crippen LogP contribution in [0.25, 0.3) is 17.0 Å². The second-order valence-corrected chi connectivity index (χ2v) is 5.29. The van der Waals surface area contributed by atoms with E-state index in [1.165, 1.54) is 31.1 Å². The zero-order chi connectivity index (χ0) is 18.2. The van der Waals surface area contributed by atoms with Crippen molar-refractivity contribution in [2.24, 2.45) is 0 Å². The summed E-state index contributed by atoms with van der Waals surface area (Å²) in [5.41, 5.74) is 1.43. The molecule has 1 heterocycles. The van der Waals surface area contributed by atoms with Crippen molar-refractivity contribution in [3.8, 4) is 0 Å². The predicted molar refractivity (Wildman–Crippen MR) is 93.4 cm³/mol. The first-order valence-corrected chi connectivity index (χ1v) is 7.65. The van der Waals surface area contributed by atoms with Gasteiger partial charge in [-0.25, -0.2) is 9.78 Å². The number of aromatic nitrogens is 1. The van der Waals surface area contributed by atoms with Crippen LogP contribution in [-0.4, -0.2) is 54.9 Å². The fourth-order valence-electron chi connectivity index (χ4n) is 2.00. The van der Waals surface area contributed by atoms with Crippen LogP contribution in [-0.2, 0) is 19.1 Å². The molecular formula is C18H19N3O4. The lowest BCUT2D eigenvalue weighted by Crippen LogP contribution is -2.38. The molecule has 1 aromatic carbocycles. The van der Waals surface area contributed by atoms with Gasteiger partial charge in [-0.05, 0) is 18.2 Å². The fourth-order valence-corrected chi connectivity index (χ4v) is 2.00. The van der Waals surface area contributed by atoms with Gasteiger partial charge < -0.3 is 15.0 Å². The molecular weight excluding hydrogens is 322 g/mol. The van der Waals surface area contributed by atoms with E-state index >= 15 is 0 Å². The van der Waals surface area contributed by atoms with Crippen molar-refractivity contribution < 1.29 is 19.1 Å². The lowest BCUT2D eigenvalue weighted by Gasteiger charge is -2.15. The summed E-state index contributed by atoms with van der Waals surface area (Å²) in [5.74, 6) is -1.42. The van der Waals surface area contributed by atoms with Crippen LogP contribution in [0.1, 0.15) is 5.69 Å². The van der Waals surface area contributed by atoms with Crippen molar-refractivity contribution in [1.82, 2.24) is 15.2 Å². The van der Waals surface area contributed by atoms with Crippen LogP contribution in [0.15, 0.2) is 42.5 Å². The van der Waals surface area contributed by atoms with Crippen molar-refractivity contribution in [3.63, 3.8) is 0 Å². The SMILES string of the molecule is CNC(=O)CN(C)C(=O)COC(=O)/C=C/c1ccc2ccccc2n1. The van der Waals surface area contributed by atoms with Gasteiger partial charge in [0.15, 0.2) is 6.61 Å². The third-order valence-corrected chi connectivity index (χ3v) is 3.43. The summed E-state index contributed by atoms with van der Waals surface area (Å²) >= 11 is 0. The minimum Gasteiger partial charge on any atom is -0.452 e. The van der Waals surface area contributed by atoms with Gasteiger partial charge in [0.05, 0.1) is 17.8 Å². The molecule has 0 unspecified atom stereocenters. The van der Waals surface area contributed by atoms with Gasteiger partial charge in [-0.15, -0.1) is 0 Å². The molecule has 2 aromatic rings. The molecule has 0 radical (unpaired) electrons. The molecule has 0 bridgehead atoms. The van der Waals surface area contributed by atoms with Crippen LogP contribution >= 0.6 is 0 Å². The van der Waals surface area contributed by atoms with Crippen molar-refractivity contribution in [3.05, 3.63) is 48.2 Å². The van der Waals surface area contributed by atoms with Gasteiger partial charge in [-0.1, -0.05) is 24.3 Å². The van der Waals surface area contributed by atoms with Gasteiger partial charge in [0, 0.05) is 25.6 Å². The topological polar surface area (TPSA) is 88.6 Å². The number of carbonyl (C=O) groups is 3. The van der Waals surface area contributed by atoms with E-state index in [4.69, 9.17) is 4.74 Å². The summed E-state index contributed by atoms with van der Waals surface area (Å²) in [6.07, 6.45) is 2.73. The van der Waals surface area contributed by atoms with E-state index in [0.717, 1.165) is 10.9 Å². The van der Waals surface area contributed by atoms with Gasteiger partial charge >= 0.3 is 5.97 Å². The Morgan fingerprint density at radius 1 is 1.20 bits per heavy atom. The molecule has 0 spiro atoms. The normalized spacial score (nSPS) is 10.6. The highest BCUT2D eigenvalue weighted by atomic mass is 16.5. The number of rotatable bonds is 6. The number of nitrogens with one attached hydrogen (secondary N) is 1. The molecule has 0 aliphatic carbocycles. The zero-order valence-corrected chi connectivity index (χ0v) is 14.1. The Morgan fingerprint density at radius 3 is 2.72 bits per heavy atom. The van der Waals surface area contributed by atoms with E-state index in [-0.39, 0.29) is 12.5 Å². The van der Waals surface area contributed by atoms with Gasteiger partial charge in [-0.2, -0.15) is 0 Å². The van der Waals surface area contributed by atoms with Crippen molar-refractivity contribution in [1.29, 1.82) is 0 Å². The van der Waals surface area contributed by atoms with Gasteiger partial charge in [0.1, 0.15) is 0 Å². The maximum atomic E-state index is 11.8. The number of para-hydroxylation sites is 1. The molecule has 7 nitrogen and oxygen atoms in total. The highest BCUT2D eigenvalue weighted by Gasteiger charge is 2.13. The molecule has 0 saturated carbocycles. The Labute approximate surface area is 145 Å². The van der Waals surface area contributed by atoms with Gasteiger partial charge in [0.25, 0.3) is 5.91 Å². The van der Waals surface area contributed by atoms with Crippen LogP contribution in [0.4, 0.5) is 0 Å². The lowest BCUT2D eigenvalue weighted by atomic mass is 10.2. The Bertz CT molecular complexity index is 817. The summed E-state index contributed by atoms with van der Waals surface area (Å²) in [5, 5.41) is 3.41. The lowest BCUT2D eigenvalue weighted by molar-refractivity contribution is -0.148. The van der Waals surface area contributed by atoms with Crippen LogP contribution in [0.2, 0.25) is 0 Å². The summed E-state index contributed by atoms with van der Waals surface area (Å²) in [4.78, 5) is 40.2. The number of pyridine rings is 1. The zero-order valence-electron chi connectivity index (χ0n) is 14.1. The number of amides is 2. The average Bonchev–Trinajstić information content (AvgIpc) is 2.63. The predicted octanol–water partition coefficient (Wildman–Crippen LogP) is 0.996. The van der Waals surface area contributed by atoms with E-state index in [1.54, 1.807) is 6.07 Å². The summed E-state index contributed by atoms with van der Waals surface area (Å²) < 4.78 is 4.87. The number of hydrogen-bond acceptors (Lipinski definition) is 5. The number of benzene rings is 1. The van der Waals surface area contributed by atoms with E-state index in [1.807, 2.05) is 30.3 Å². The molecule has 25 heavy (non-hydrogen) atoms. The smallest absolute Gasteiger partial charge is 0.331 e. The first-order valence-electron chi connectivity index (χ1n) is 7.65. The monoisotopic (exact) mass is 341 g/mol. The van der Waals surface area contributed by atoms with E-state index in [2.05, 4.69) is 10.3 Å². The number of fused-ring (bicyclic) bond motifs is 1. The second-order valence-electron chi connectivity index (χ2n) is 5.29. The quantitative estimate of drug-likeness (QED) is 0.625. The molecule has 0 atom stereocenters. The van der Waals surface area contributed by atoms with Crippen LogP contribution in [0, 0.1) is 0 Å². The molecule has 0 aliphatic rings. The molecule has 7 heteroatoms. The molecule has 0 saturated heterocycles.